The highest BCUT2D eigenvalue weighted by molar-refractivity contribution is 7.85. The lowest BCUT2D eigenvalue weighted by atomic mass is 10.1. The van der Waals surface area contributed by atoms with Crippen molar-refractivity contribution in [3.8, 4) is 0 Å². The van der Waals surface area contributed by atoms with Crippen LogP contribution in [0, 0.1) is 0 Å². The fraction of sp³-hybridized carbons (Fsp3) is 0.692. The van der Waals surface area contributed by atoms with Crippen molar-refractivity contribution < 1.29 is 9.00 Å². The molecule has 6 nitrogen and oxygen atoms in total. The van der Waals surface area contributed by atoms with Gasteiger partial charge in [0.15, 0.2) is 5.13 Å². The Hall–Kier alpha value is -1.15. The Balaban J connectivity index is 2.00. The molecule has 0 bridgehead atoms. The summed E-state index contributed by atoms with van der Waals surface area (Å²) < 4.78 is 11.3. The third kappa shape index (κ3) is 4.67. The minimum atomic E-state index is -0.728. The summed E-state index contributed by atoms with van der Waals surface area (Å²) >= 11 is 1.26. The molecule has 1 aliphatic heterocycles. The van der Waals surface area contributed by atoms with Crippen molar-refractivity contribution in [2.24, 2.45) is 0 Å². The van der Waals surface area contributed by atoms with Crippen LogP contribution in [0.4, 0.5) is 10.9 Å². The zero-order valence-electron chi connectivity index (χ0n) is 12.6. The Morgan fingerprint density at radius 3 is 2.57 bits per heavy atom. The molecular weight excluding hydrogens is 308 g/mol. The van der Waals surface area contributed by atoms with Crippen molar-refractivity contribution in [2.45, 2.75) is 45.2 Å². The van der Waals surface area contributed by atoms with Gasteiger partial charge < -0.3 is 16.4 Å². The molecule has 1 aliphatic rings. The Bertz CT molecular complexity index is 541. The van der Waals surface area contributed by atoms with E-state index in [1.165, 1.54) is 11.3 Å². The molecule has 118 valence electrons. The molecule has 0 aromatic carbocycles. The number of nitrogen functional groups attached to an aromatic ring is 1. The summed E-state index contributed by atoms with van der Waals surface area (Å²) in [4.78, 5) is 16.9. The molecule has 0 spiro atoms. The average Bonchev–Trinajstić information content (AvgIpc) is 2.70. The number of hydrogen-bond donors (Lipinski definition) is 3. The Morgan fingerprint density at radius 2 is 2.00 bits per heavy atom. The number of nitrogens with two attached hydrogens (primary N) is 1. The lowest BCUT2D eigenvalue weighted by molar-refractivity contribution is 0.0939. The molecule has 8 heteroatoms. The van der Waals surface area contributed by atoms with E-state index >= 15 is 0 Å². The number of carbonyl (C=O) groups is 1. The third-order valence-electron chi connectivity index (χ3n) is 3.06. The minimum Gasteiger partial charge on any atom is -0.382 e. The Labute approximate surface area is 131 Å². The molecule has 4 N–H and O–H groups in total. The molecule has 0 saturated carbocycles. The van der Waals surface area contributed by atoms with Crippen molar-refractivity contribution in [1.82, 2.24) is 10.3 Å². The molecule has 2 rings (SSSR count). The quantitative estimate of drug-likeness (QED) is 0.782. The summed E-state index contributed by atoms with van der Waals surface area (Å²) in [6.07, 6.45) is 1.51. The van der Waals surface area contributed by atoms with Gasteiger partial charge >= 0.3 is 0 Å². The van der Waals surface area contributed by atoms with Crippen LogP contribution in [0.1, 0.15) is 43.3 Å². The maximum atomic E-state index is 12.3. The predicted octanol–water partition coefficient (Wildman–Crippen LogP) is 1.58. The van der Waals surface area contributed by atoms with Gasteiger partial charge in [-0.2, -0.15) is 0 Å². The van der Waals surface area contributed by atoms with E-state index in [1.54, 1.807) is 0 Å². The van der Waals surface area contributed by atoms with Gasteiger partial charge in [0.2, 0.25) is 0 Å². The smallest absolute Gasteiger partial charge is 0.265 e. The topological polar surface area (TPSA) is 97.1 Å². The van der Waals surface area contributed by atoms with E-state index in [1.807, 2.05) is 20.8 Å². The zero-order valence-corrected chi connectivity index (χ0v) is 14.2. The molecule has 21 heavy (non-hydrogen) atoms. The number of rotatable bonds is 3. The molecule has 0 radical (unpaired) electrons. The summed E-state index contributed by atoms with van der Waals surface area (Å²) in [6, 6.07) is 0.0794. The SMILES string of the molecule is CC(C)(C)Nc1nc(N)c(C(=O)NC2CCS(=O)CC2)s1. The monoisotopic (exact) mass is 330 g/mol. The van der Waals surface area contributed by atoms with Gasteiger partial charge in [0.25, 0.3) is 5.91 Å². The van der Waals surface area contributed by atoms with E-state index in [2.05, 4.69) is 15.6 Å². The summed E-state index contributed by atoms with van der Waals surface area (Å²) in [5.41, 5.74) is 5.70. The first-order valence-corrected chi connectivity index (χ1v) is 9.25. The fourth-order valence-electron chi connectivity index (χ4n) is 2.06. The minimum absolute atomic E-state index is 0.0794. The molecule has 1 fully saturated rings. The maximum absolute atomic E-state index is 12.3. The Morgan fingerprint density at radius 1 is 1.38 bits per heavy atom. The summed E-state index contributed by atoms with van der Waals surface area (Å²) in [5.74, 6) is 1.37. The second-order valence-electron chi connectivity index (χ2n) is 6.20. The highest BCUT2D eigenvalue weighted by Gasteiger charge is 2.23. The molecular formula is C13H22N4O2S2. The molecule has 1 saturated heterocycles. The summed E-state index contributed by atoms with van der Waals surface area (Å²) in [6.45, 7) is 6.06. The molecule has 1 amide bonds. The van der Waals surface area contributed by atoms with Gasteiger partial charge in [-0.25, -0.2) is 4.98 Å². The molecule has 1 aromatic rings. The number of hydrogen-bond acceptors (Lipinski definition) is 6. The number of aromatic nitrogens is 1. The van der Waals surface area contributed by atoms with E-state index in [9.17, 15) is 9.00 Å². The first kappa shape index (κ1) is 16.2. The lowest BCUT2D eigenvalue weighted by Crippen LogP contribution is -2.39. The van der Waals surface area contributed by atoms with Gasteiger partial charge in [0.05, 0.1) is 0 Å². The van der Waals surface area contributed by atoms with Crippen molar-refractivity contribution in [2.75, 3.05) is 22.6 Å². The maximum Gasteiger partial charge on any atom is 0.265 e. The van der Waals surface area contributed by atoms with Crippen LogP contribution in [0.2, 0.25) is 0 Å². The van der Waals surface area contributed by atoms with E-state index < -0.39 is 10.8 Å². The van der Waals surface area contributed by atoms with Gasteiger partial charge in [0.1, 0.15) is 10.7 Å². The first-order valence-electron chi connectivity index (χ1n) is 6.95. The van der Waals surface area contributed by atoms with E-state index in [-0.39, 0.29) is 23.3 Å². The summed E-state index contributed by atoms with van der Waals surface area (Å²) in [7, 11) is -0.728. The van der Waals surface area contributed by atoms with Crippen LogP contribution in [0.15, 0.2) is 0 Å². The second-order valence-corrected chi connectivity index (χ2v) is 8.90. The first-order chi connectivity index (χ1) is 9.74. The summed E-state index contributed by atoms with van der Waals surface area (Å²) in [5, 5.41) is 6.82. The van der Waals surface area contributed by atoms with Crippen molar-refractivity contribution in [1.29, 1.82) is 0 Å². The van der Waals surface area contributed by atoms with Crippen LogP contribution < -0.4 is 16.4 Å². The number of nitrogens with one attached hydrogen (secondary N) is 2. The normalized spacial score (nSPS) is 22.8. The number of anilines is 2. The van der Waals surface area contributed by atoms with Gasteiger partial charge in [0, 0.05) is 33.9 Å². The molecule has 0 atom stereocenters. The number of thiazole rings is 1. The number of carbonyl (C=O) groups excluding carboxylic acids is 1. The lowest BCUT2D eigenvalue weighted by Gasteiger charge is -2.22. The average molecular weight is 330 g/mol. The van der Waals surface area contributed by atoms with Crippen molar-refractivity contribution in [3.05, 3.63) is 4.88 Å². The highest BCUT2D eigenvalue weighted by atomic mass is 32.2. The number of amides is 1. The third-order valence-corrected chi connectivity index (χ3v) is 5.43. The second kappa shape index (κ2) is 6.31. The van der Waals surface area contributed by atoms with Gasteiger partial charge in [-0.05, 0) is 33.6 Å². The zero-order chi connectivity index (χ0) is 15.6. The van der Waals surface area contributed by atoms with Crippen molar-refractivity contribution >= 4 is 39.0 Å². The number of nitrogens with zero attached hydrogens (tertiary/aromatic N) is 1. The molecule has 2 heterocycles. The van der Waals surface area contributed by atoms with Gasteiger partial charge in [-0.3, -0.25) is 9.00 Å². The fourth-order valence-corrected chi connectivity index (χ4v) is 4.35. The molecule has 0 unspecified atom stereocenters. The van der Waals surface area contributed by atoms with Crippen LogP contribution in [-0.4, -0.2) is 38.2 Å². The van der Waals surface area contributed by atoms with Crippen LogP contribution in [0.3, 0.4) is 0 Å². The van der Waals surface area contributed by atoms with Crippen molar-refractivity contribution in [3.63, 3.8) is 0 Å². The standard InChI is InChI=1S/C13H22N4O2S2/c1-13(2,3)17-12-16-10(14)9(20-12)11(18)15-8-4-6-21(19)7-5-8/h8H,4-7,14H2,1-3H3,(H,15,18)(H,16,17). The van der Waals surface area contributed by atoms with Crippen LogP contribution in [0.5, 0.6) is 0 Å². The van der Waals surface area contributed by atoms with Crippen LogP contribution in [0.25, 0.3) is 0 Å². The van der Waals surface area contributed by atoms with Crippen LogP contribution >= 0.6 is 11.3 Å². The van der Waals surface area contributed by atoms with Gasteiger partial charge in [-0.15, -0.1) is 0 Å². The van der Waals surface area contributed by atoms with Gasteiger partial charge in [-0.1, -0.05) is 11.3 Å². The molecule has 0 aliphatic carbocycles. The van der Waals surface area contributed by atoms with E-state index in [0.29, 0.717) is 21.5 Å². The van der Waals surface area contributed by atoms with Crippen LogP contribution in [-0.2, 0) is 10.8 Å². The largest absolute Gasteiger partial charge is 0.382 e. The van der Waals surface area contributed by atoms with E-state index in [4.69, 9.17) is 5.73 Å². The Kier molecular flexibility index (Phi) is 4.88. The predicted molar refractivity (Wildman–Crippen MR) is 88.3 cm³/mol. The van der Waals surface area contributed by atoms with E-state index in [0.717, 1.165) is 12.8 Å². The highest BCUT2D eigenvalue weighted by Crippen LogP contribution is 2.27. The molecule has 1 aromatic heterocycles.